The van der Waals surface area contributed by atoms with Gasteiger partial charge in [-0.15, -0.1) is 11.8 Å². The summed E-state index contributed by atoms with van der Waals surface area (Å²) in [5.74, 6) is 0.707. The lowest BCUT2D eigenvalue weighted by atomic mass is 9.53. The Hall–Kier alpha value is -2.26. The van der Waals surface area contributed by atoms with Crippen molar-refractivity contribution in [3.63, 3.8) is 0 Å². The summed E-state index contributed by atoms with van der Waals surface area (Å²) >= 11 is 1.39. The average molecular weight is 556 g/mol. The maximum absolute atomic E-state index is 14.4. The summed E-state index contributed by atoms with van der Waals surface area (Å²) in [7, 11) is 0. The molecule has 4 saturated carbocycles. The Kier molecular flexibility index (Phi) is 7.57. The molecule has 1 aromatic carbocycles. The van der Waals surface area contributed by atoms with Crippen molar-refractivity contribution in [2.45, 2.75) is 99.9 Å². The Morgan fingerprint density at radius 1 is 0.923 bits per heavy atom. The number of carbonyl (C=O) groups is 4. The lowest BCUT2D eigenvalue weighted by molar-refractivity contribution is -0.136. The molecule has 9 heteroatoms. The molecule has 4 amide bonds. The molecule has 1 unspecified atom stereocenters. The normalized spacial score (nSPS) is 31.3. The van der Waals surface area contributed by atoms with Crippen molar-refractivity contribution in [2.24, 2.45) is 17.8 Å². The van der Waals surface area contributed by atoms with E-state index in [2.05, 4.69) is 10.6 Å². The van der Waals surface area contributed by atoms with E-state index >= 15 is 0 Å². The zero-order valence-corrected chi connectivity index (χ0v) is 23.3. The van der Waals surface area contributed by atoms with Crippen LogP contribution in [0.2, 0.25) is 0 Å². The van der Waals surface area contributed by atoms with Crippen LogP contribution in [0.4, 0.5) is 4.39 Å². The Balaban J connectivity index is 0.945. The summed E-state index contributed by atoms with van der Waals surface area (Å²) in [6.45, 7) is 1.11. The second-order valence-electron chi connectivity index (χ2n) is 12.5. The first kappa shape index (κ1) is 26.9. The number of benzene rings is 1. The standard InChI is InChI=1S/C30H38FN3O4S/c31-21-13-22-26(29(38)34(28(22)37)23-6-7-25(35)33-27(23)36)24(14-21)39-9-5-3-1-2-4-8-32-30-15-18-10-19(16-30)12-20(11-18)17-30/h13-14,18-20,23,32H,1-12,15-17H2,(H,33,35,36). The van der Waals surface area contributed by atoms with Crippen LogP contribution in [0.25, 0.3) is 0 Å². The zero-order chi connectivity index (χ0) is 27.1. The summed E-state index contributed by atoms with van der Waals surface area (Å²) in [4.78, 5) is 51.3. The Morgan fingerprint density at radius 3 is 2.28 bits per heavy atom. The minimum atomic E-state index is -1.05. The van der Waals surface area contributed by atoms with Crippen LogP contribution in [-0.4, -0.2) is 52.4 Å². The molecule has 39 heavy (non-hydrogen) atoms. The van der Waals surface area contributed by atoms with Gasteiger partial charge in [-0.2, -0.15) is 0 Å². The third kappa shape index (κ3) is 5.41. The summed E-state index contributed by atoms with van der Waals surface area (Å²) in [5.41, 5.74) is 0.606. The number of hydrogen-bond acceptors (Lipinski definition) is 6. The maximum atomic E-state index is 14.4. The minimum absolute atomic E-state index is 0.00118. The van der Waals surface area contributed by atoms with Gasteiger partial charge in [-0.25, -0.2) is 4.39 Å². The number of thioether (sulfide) groups is 1. The van der Waals surface area contributed by atoms with Crippen molar-refractivity contribution in [3.05, 3.63) is 29.1 Å². The van der Waals surface area contributed by atoms with Crippen molar-refractivity contribution in [1.29, 1.82) is 0 Å². The predicted molar refractivity (Wildman–Crippen MR) is 146 cm³/mol. The van der Waals surface area contributed by atoms with E-state index in [0.29, 0.717) is 10.4 Å². The van der Waals surface area contributed by atoms with Crippen LogP contribution < -0.4 is 10.6 Å². The fourth-order valence-corrected chi connectivity index (χ4v) is 9.37. The highest BCUT2D eigenvalue weighted by Gasteiger charge is 2.50. The molecule has 7 rings (SSSR count). The predicted octanol–water partition coefficient (Wildman–Crippen LogP) is 4.83. The van der Waals surface area contributed by atoms with Crippen molar-refractivity contribution < 1.29 is 23.6 Å². The SMILES string of the molecule is O=C1CCC(N2C(=O)c3cc(F)cc(SCCCCCCCNC45CC6CC(CC(C6)C4)C5)c3C2=O)C(=O)N1. The van der Waals surface area contributed by atoms with Gasteiger partial charge in [-0.3, -0.25) is 29.4 Å². The zero-order valence-electron chi connectivity index (χ0n) is 22.4. The number of hydrogen-bond donors (Lipinski definition) is 2. The highest BCUT2D eigenvalue weighted by atomic mass is 32.2. The topological polar surface area (TPSA) is 95.6 Å². The first-order valence-corrected chi connectivity index (χ1v) is 15.7. The van der Waals surface area contributed by atoms with Crippen LogP contribution in [-0.2, 0) is 9.59 Å². The summed E-state index contributed by atoms with van der Waals surface area (Å²) in [6.07, 6.45) is 14.3. The molecule has 5 fully saturated rings. The Morgan fingerprint density at radius 2 is 1.59 bits per heavy atom. The molecule has 2 aliphatic heterocycles. The number of halogens is 1. The van der Waals surface area contributed by atoms with E-state index in [1.807, 2.05) is 0 Å². The van der Waals surface area contributed by atoms with Crippen molar-refractivity contribution in [2.75, 3.05) is 12.3 Å². The number of amides is 4. The van der Waals surface area contributed by atoms with Crippen LogP contribution in [0.5, 0.6) is 0 Å². The number of unbranched alkanes of at least 4 members (excludes halogenated alkanes) is 4. The van der Waals surface area contributed by atoms with E-state index in [0.717, 1.165) is 60.3 Å². The van der Waals surface area contributed by atoms with Crippen LogP contribution in [0.1, 0.15) is 104 Å². The average Bonchev–Trinajstić information content (AvgIpc) is 3.11. The fourth-order valence-electron chi connectivity index (χ4n) is 8.26. The fraction of sp³-hybridized carbons (Fsp3) is 0.667. The maximum Gasteiger partial charge on any atom is 0.263 e. The number of rotatable bonds is 11. The number of nitrogens with zero attached hydrogens (tertiary/aromatic N) is 1. The van der Waals surface area contributed by atoms with Gasteiger partial charge in [-0.1, -0.05) is 19.3 Å². The van der Waals surface area contributed by atoms with Crippen molar-refractivity contribution >= 4 is 35.4 Å². The molecule has 0 spiro atoms. The van der Waals surface area contributed by atoms with E-state index in [9.17, 15) is 23.6 Å². The van der Waals surface area contributed by atoms with Gasteiger partial charge in [0.05, 0.1) is 11.1 Å². The van der Waals surface area contributed by atoms with E-state index in [4.69, 9.17) is 0 Å². The molecule has 7 nitrogen and oxygen atoms in total. The Labute approximate surface area is 233 Å². The first-order chi connectivity index (χ1) is 18.8. The minimum Gasteiger partial charge on any atom is -0.311 e. The van der Waals surface area contributed by atoms with Crippen molar-refractivity contribution in [3.8, 4) is 0 Å². The van der Waals surface area contributed by atoms with Gasteiger partial charge in [0.1, 0.15) is 11.9 Å². The molecule has 4 bridgehead atoms. The largest absolute Gasteiger partial charge is 0.311 e. The highest BCUT2D eigenvalue weighted by molar-refractivity contribution is 7.99. The molecule has 210 valence electrons. The number of carbonyl (C=O) groups excluding carboxylic acids is 4. The smallest absolute Gasteiger partial charge is 0.263 e. The highest BCUT2D eigenvalue weighted by Crippen LogP contribution is 2.55. The van der Waals surface area contributed by atoms with Crippen LogP contribution >= 0.6 is 11.8 Å². The Bertz CT molecular complexity index is 1150. The van der Waals surface area contributed by atoms with Gasteiger partial charge in [0, 0.05) is 16.9 Å². The van der Waals surface area contributed by atoms with Gasteiger partial charge in [0.25, 0.3) is 11.8 Å². The van der Waals surface area contributed by atoms with Crippen LogP contribution in [0.3, 0.4) is 0 Å². The van der Waals surface area contributed by atoms with Crippen LogP contribution in [0, 0.1) is 23.6 Å². The molecule has 6 aliphatic rings. The van der Waals surface area contributed by atoms with Crippen LogP contribution in [0.15, 0.2) is 17.0 Å². The first-order valence-electron chi connectivity index (χ1n) is 14.7. The molecule has 2 N–H and O–H groups in total. The molecule has 1 aromatic rings. The van der Waals surface area contributed by atoms with Gasteiger partial charge in [0.15, 0.2) is 0 Å². The number of piperidine rings is 1. The lowest BCUT2D eigenvalue weighted by Gasteiger charge is -2.57. The number of imide groups is 2. The van der Waals surface area contributed by atoms with Gasteiger partial charge in [-0.05, 0) is 100.0 Å². The third-order valence-electron chi connectivity index (χ3n) is 9.59. The summed E-state index contributed by atoms with van der Waals surface area (Å²) < 4.78 is 14.4. The van der Waals surface area contributed by atoms with Gasteiger partial charge >= 0.3 is 0 Å². The van der Waals surface area contributed by atoms with Gasteiger partial charge < -0.3 is 5.32 Å². The van der Waals surface area contributed by atoms with Crippen molar-refractivity contribution in [1.82, 2.24) is 15.5 Å². The molecule has 4 aliphatic carbocycles. The monoisotopic (exact) mass is 555 g/mol. The van der Waals surface area contributed by atoms with E-state index in [1.165, 1.54) is 69.2 Å². The number of nitrogens with one attached hydrogen (secondary N) is 2. The molecule has 1 saturated heterocycles. The van der Waals surface area contributed by atoms with Gasteiger partial charge in [0.2, 0.25) is 11.8 Å². The van der Waals surface area contributed by atoms with E-state index < -0.39 is 35.5 Å². The molecule has 2 heterocycles. The van der Waals surface area contributed by atoms with E-state index in [-0.39, 0.29) is 24.0 Å². The molecule has 0 aromatic heterocycles. The second kappa shape index (κ2) is 11.0. The van der Waals surface area contributed by atoms with E-state index in [1.54, 1.807) is 0 Å². The third-order valence-corrected chi connectivity index (χ3v) is 10.7. The number of fused-ring (bicyclic) bond motifs is 1. The molecular formula is C30H38FN3O4S. The molecule has 0 radical (unpaired) electrons. The second-order valence-corrected chi connectivity index (χ2v) is 13.7. The molecule has 1 atom stereocenters. The quantitative estimate of drug-likeness (QED) is 0.231. The lowest BCUT2D eigenvalue weighted by Crippen LogP contribution is -2.58. The summed E-state index contributed by atoms with van der Waals surface area (Å²) in [6, 6.07) is 1.33. The molecular weight excluding hydrogens is 517 g/mol. The summed E-state index contributed by atoms with van der Waals surface area (Å²) in [5, 5.41) is 6.16.